The number of anilines is 2. The molecule has 0 saturated carbocycles. The molecule has 1 N–H and O–H groups in total. The summed E-state index contributed by atoms with van der Waals surface area (Å²) in [5.74, 6) is 0. The summed E-state index contributed by atoms with van der Waals surface area (Å²) < 4.78 is 1.12. The summed E-state index contributed by atoms with van der Waals surface area (Å²) in [4.78, 5) is 4.57. The Bertz CT molecular complexity index is 912. The maximum Gasteiger partial charge on any atom is 0.188 e. The lowest BCUT2D eigenvalue weighted by atomic mass is 10.1. The molecule has 3 rings (SSSR count). The normalized spacial score (nSPS) is 10.0. The molecule has 0 bridgehead atoms. The summed E-state index contributed by atoms with van der Waals surface area (Å²) in [7, 11) is 0. The Morgan fingerprint density at radius 1 is 1.10 bits per heavy atom. The fraction of sp³-hybridized carbons (Fsp3) is 0.0625. The number of nitriles is 2. The summed E-state index contributed by atoms with van der Waals surface area (Å²) in [5, 5.41) is 21.9. The summed E-state index contributed by atoms with van der Waals surface area (Å²) in [6.45, 7) is 2.03. The number of benzene rings is 2. The minimum atomic E-state index is 0.361. The number of aromatic nitrogens is 1. The Morgan fingerprint density at radius 3 is 2.62 bits per heavy atom. The smallest absolute Gasteiger partial charge is 0.188 e. The van der Waals surface area contributed by atoms with E-state index in [1.165, 1.54) is 0 Å². The van der Waals surface area contributed by atoms with Crippen molar-refractivity contribution in [2.75, 3.05) is 5.32 Å². The van der Waals surface area contributed by atoms with Gasteiger partial charge in [-0.05, 0) is 36.8 Å². The molecule has 0 fully saturated rings. The van der Waals surface area contributed by atoms with Crippen LogP contribution in [0.1, 0.15) is 16.7 Å². The molecule has 3 aromatic rings. The van der Waals surface area contributed by atoms with Gasteiger partial charge < -0.3 is 5.32 Å². The van der Waals surface area contributed by atoms with Gasteiger partial charge in [-0.1, -0.05) is 23.5 Å². The molecule has 5 heteroatoms. The number of thiazole rings is 1. The minimum absolute atomic E-state index is 0.361. The number of nitrogens with one attached hydrogen (secondary N) is 1. The molecule has 4 nitrogen and oxygen atoms in total. The van der Waals surface area contributed by atoms with Gasteiger partial charge in [-0.3, -0.25) is 0 Å². The van der Waals surface area contributed by atoms with Crippen molar-refractivity contribution in [3.8, 4) is 12.1 Å². The second-order valence-electron chi connectivity index (χ2n) is 4.55. The molecule has 0 aliphatic rings. The predicted molar refractivity (Wildman–Crippen MR) is 83.5 cm³/mol. The molecule has 100 valence electrons. The monoisotopic (exact) mass is 290 g/mol. The Balaban J connectivity index is 1.97. The summed E-state index contributed by atoms with van der Waals surface area (Å²) in [6.07, 6.45) is 0. The Hall–Kier alpha value is -2.89. The fourth-order valence-corrected chi connectivity index (χ4v) is 3.04. The number of nitrogens with zero attached hydrogens (tertiary/aromatic N) is 3. The van der Waals surface area contributed by atoms with Crippen LogP contribution < -0.4 is 5.32 Å². The topological polar surface area (TPSA) is 72.5 Å². The second-order valence-corrected chi connectivity index (χ2v) is 5.58. The van der Waals surface area contributed by atoms with Crippen LogP contribution in [-0.2, 0) is 0 Å². The van der Waals surface area contributed by atoms with E-state index < -0.39 is 0 Å². The van der Waals surface area contributed by atoms with Gasteiger partial charge in [-0.15, -0.1) is 0 Å². The first-order valence-corrected chi connectivity index (χ1v) is 7.10. The first-order valence-electron chi connectivity index (χ1n) is 6.28. The van der Waals surface area contributed by atoms with E-state index in [-0.39, 0.29) is 0 Å². The van der Waals surface area contributed by atoms with Gasteiger partial charge in [0.05, 0.1) is 21.3 Å². The van der Waals surface area contributed by atoms with Gasteiger partial charge >= 0.3 is 0 Å². The molecule has 0 amide bonds. The highest BCUT2D eigenvalue weighted by molar-refractivity contribution is 7.22. The molecule has 1 heterocycles. The van der Waals surface area contributed by atoms with Gasteiger partial charge in [-0.2, -0.15) is 10.5 Å². The predicted octanol–water partition coefficient (Wildman–Crippen LogP) is 4.09. The number of aryl methyl sites for hydroxylation is 1. The first kappa shape index (κ1) is 13.1. The van der Waals surface area contributed by atoms with E-state index in [2.05, 4.69) is 10.3 Å². The molecule has 0 aliphatic carbocycles. The van der Waals surface area contributed by atoms with E-state index in [9.17, 15) is 0 Å². The van der Waals surface area contributed by atoms with Crippen LogP contribution in [0.25, 0.3) is 10.2 Å². The zero-order valence-electron chi connectivity index (χ0n) is 11.2. The van der Waals surface area contributed by atoms with Crippen molar-refractivity contribution >= 4 is 32.4 Å². The Labute approximate surface area is 125 Å². The Morgan fingerprint density at radius 2 is 1.90 bits per heavy atom. The van der Waals surface area contributed by atoms with Crippen molar-refractivity contribution in [3.05, 3.63) is 53.1 Å². The SMILES string of the molecule is Cc1cccc2sc(Nc3ccc(C#N)c(C#N)c3)nc12. The lowest BCUT2D eigenvalue weighted by Gasteiger charge is -2.03. The van der Waals surface area contributed by atoms with E-state index in [4.69, 9.17) is 10.5 Å². The van der Waals surface area contributed by atoms with Crippen molar-refractivity contribution < 1.29 is 0 Å². The highest BCUT2D eigenvalue weighted by atomic mass is 32.1. The number of hydrogen-bond acceptors (Lipinski definition) is 5. The van der Waals surface area contributed by atoms with Crippen molar-refractivity contribution in [3.63, 3.8) is 0 Å². The van der Waals surface area contributed by atoms with Crippen LogP contribution in [0.3, 0.4) is 0 Å². The highest BCUT2D eigenvalue weighted by Gasteiger charge is 2.07. The van der Waals surface area contributed by atoms with E-state index in [1.54, 1.807) is 29.5 Å². The lowest BCUT2D eigenvalue weighted by Crippen LogP contribution is -1.92. The summed E-state index contributed by atoms with van der Waals surface area (Å²) in [5.41, 5.74) is 3.61. The zero-order valence-corrected chi connectivity index (χ0v) is 12.0. The third kappa shape index (κ3) is 2.43. The molecule has 0 saturated heterocycles. The fourth-order valence-electron chi connectivity index (χ4n) is 2.08. The van der Waals surface area contributed by atoms with Crippen molar-refractivity contribution in [2.45, 2.75) is 6.92 Å². The van der Waals surface area contributed by atoms with Gasteiger partial charge in [0, 0.05) is 5.69 Å². The molecule has 0 unspecified atom stereocenters. The molecule has 1 aromatic heterocycles. The molecule has 0 atom stereocenters. The van der Waals surface area contributed by atoms with E-state index in [0.29, 0.717) is 11.1 Å². The van der Waals surface area contributed by atoms with E-state index >= 15 is 0 Å². The molecule has 0 spiro atoms. The van der Waals surface area contributed by atoms with Crippen molar-refractivity contribution in [1.82, 2.24) is 4.98 Å². The minimum Gasteiger partial charge on any atom is -0.331 e. The van der Waals surface area contributed by atoms with Crippen LogP contribution in [-0.4, -0.2) is 4.98 Å². The average Bonchev–Trinajstić information content (AvgIpc) is 2.91. The second kappa shape index (κ2) is 5.24. The molecule has 0 radical (unpaired) electrons. The van der Waals surface area contributed by atoms with Gasteiger partial charge in [0.25, 0.3) is 0 Å². The molecule has 21 heavy (non-hydrogen) atoms. The van der Waals surface area contributed by atoms with Crippen LogP contribution in [0.2, 0.25) is 0 Å². The summed E-state index contributed by atoms with van der Waals surface area (Å²) in [6, 6.07) is 15.2. The van der Waals surface area contributed by atoms with E-state index in [1.807, 2.05) is 37.3 Å². The van der Waals surface area contributed by atoms with Gasteiger partial charge in [0.15, 0.2) is 5.13 Å². The molecule has 2 aromatic carbocycles. The van der Waals surface area contributed by atoms with Crippen LogP contribution in [0.5, 0.6) is 0 Å². The van der Waals surface area contributed by atoms with E-state index in [0.717, 1.165) is 26.6 Å². The average molecular weight is 290 g/mol. The maximum atomic E-state index is 9.05. The standard InChI is InChI=1S/C16H10N4S/c1-10-3-2-4-14-15(10)20-16(21-14)19-13-6-5-11(8-17)12(7-13)9-18/h2-7H,1H3,(H,19,20). The van der Waals surface area contributed by atoms with Crippen LogP contribution in [0.4, 0.5) is 10.8 Å². The summed E-state index contributed by atoms with van der Waals surface area (Å²) >= 11 is 1.56. The van der Waals surface area contributed by atoms with Crippen molar-refractivity contribution in [1.29, 1.82) is 10.5 Å². The molecular formula is C16H10N4S. The highest BCUT2D eigenvalue weighted by Crippen LogP contribution is 2.30. The molecule has 0 aliphatic heterocycles. The largest absolute Gasteiger partial charge is 0.331 e. The number of rotatable bonds is 2. The zero-order chi connectivity index (χ0) is 14.8. The van der Waals surface area contributed by atoms with Crippen molar-refractivity contribution in [2.24, 2.45) is 0 Å². The van der Waals surface area contributed by atoms with Gasteiger partial charge in [0.2, 0.25) is 0 Å². The first-order chi connectivity index (χ1) is 10.2. The van der Waals surface area contributed by atoms with Crippen LogP contribution in [0.15, 0.2) is 36.4 Å². The lowest BCUT2D eigenvalue weighted by molar-refractivity contribution is 1.39. The Kier molecular flexibility index (Phi) is 3.27. The van der Waals surface area contributed by atoms with Gasteiger partial charge in [0.1, 0.15) is 12.1 Å². The van der Waals surface area contributed by atoms with Gasteiger partial charge in [-0.25, -0.2) is 4.98 Å². The third-order valence-electron chi connectivity index (χ3n) is 3.13. The van der Waals surface area contributed by atoms with Crippen LogP contribution in [0, 0.1) is 29.6 Å². The molecular weight excluding hydrogens is 280 g/mol. The maximum absolute atomic E-state index is 9.05. The number of para-hydroxylation sites is 1. The third-order valence-corrected chi connectivity index (χ3v) is 4.07. The number of hydrogen-bond donors (Lipinski definition) is 1. The van der Waals surface area contributed by atoms with Crippen LogP contribution >= 0.6 is 11.3 Å². The number of fused-ring (bicyclic) bond motifs is 1. The quantitative estimate of drug-likeness (QED) is 0.771.